The highest BCUT2D eigenvalue weighted by Gasteiger charge is 2.38. The van der Waals surface area contributed by atoms with Gasteiger partial charge in [-0.15, -0.1) is 0 Å². The minimum Gasteiger partial charge on any atom is -0.465 e. The Morgan fingerprint density at radius 3 is 2.80 bits per heavy atom. The molecule has 0 aliphatic carbocycles. The normalized spacial score (nSPS) is 13.5. The van der Waals surface area contributed by atoms with E-state index in [1.54, 1.807) is 19.9 Å². The van der Waals surface area contributed by atoms with Crippen LogP contribution in [0.25, 0.3) is 10.9 Å². The van der Waals surface area contributed by atoms with E-state index >= 15 is 0 Å². The van der Waals surface area contributed by atoms with E-state index in [2.05, 4.69) is 11.1 Å². The number of para-hydroxylation sites is 1. The van der Waals surface area contributed by atoms with E-state index in [1.165, 1.54) is 0 Å². The van der Waals surface area contributed by atoms with Crippen molar-refractivity contribution >= 4 is 16.9 Å². The number of hydrogen-bond acceptors (Lipinski definition) is 4. The molecular formula is C16H16N2O2. The Hall–Kier alpha value is -2.41. The van der Waals surface area contributed by atoms with Crippen LogP contribution in [0.2, 0.25) is 0 Å². The molecule has 0 fully saturated rings. The van der Waals surface area contributed by atoms with Gasteiger partial charge in [0, 0.05) is 11.1 Å². The van der Waals surface area contributed by atoms with Crippen LogP contribution in [0, 0.1) is 18.3 Å². The number of aryl methyl sites for hydroxylation is 1. The molecular weight excluding hydrogens is 252 g/mol. The molecule has 2 aromatic rings. The summed E-state index contributed by atoms with van der Waals surface area (Å²) in [6, 6.07) is 11.4. The summed E-state index contributed by atoms with van der Waals surface area (Å²) >= 11 is 0. The molecule has 0 saturated carbocycles. The Labute approximate surface area is 118 Å². The molecule has 102 valence electrons. The first-order valence-corrected chi connectivity index (χ1v) is 6.48. The SMILES string of the molecule is CCOC(=O)C(C)(C#N)c1cc(C)nc2ccccc12. The molecule has 1 atom stereocenters. The average Bonchev–Trinajstić information content (AvgIpc) is 2.45. The number of carbonyl (C=O) groups excluding carboxylic acids is 1. The number of fused-ring (bicyclic) bond motifs is 1. The lowest BCUT2D eigenvalue weighted by molar-refractivity contribution is -0.147. The highest BCUT2D eigenvalue weighted by molar-refractivity contribution is 5.94. The summed E-state index contributed by atoms with van der Waals surface area (Å²) in [5.74, 6) is -0.529. The molecule has 1 aromatic heterocycles. The fourth-order valence-corrected chi connectivity index (χ4v) is 2.21. The van der Waals surface area contributed by atoms with Crippen molar-refractivity contribution in [2.45, 2.75) is 26.2 Å². The summed E-state index contributed by atoms with van der Waals surface area (Å²) in [6.07, 6.45) is 0. The second-order valence-corrected chi connectivity index (χ2v) is 4.79. The van der Waals surface area contributed by atoms with Gasteiger partial charge in [0.05, 0.1) is 18.2 Å². The number of ether oxygens (including phenoxy) is 1. The molecule has 0 amide bonds. The fraction of sp³-hybridized carbons (Fsp3) is 0.312. The Balaban J connectivity index is 2.72. The quantitative estimate of drug-likeness (QED) is 0.803. The summed E-state index contributed by atoms with van der Waals surface area (Å²) in [7, 11) is 0. The zero-order valence-corrected chi connectivity index (χ0v) is 11.8. The third kappa shape index (κ3) is 2.23. The summed E-state index contributed by atoms with van der Waals surface area (Å²) < 4.78 is 5.06. The van der Waals surface area contributed by atoms with Gasteiger partial charge in [0.15, 0.2) is 5.41 Å². The average molecular weight is 268 g/mol. The van der Waals surface area contributed by atoms with Crippen molar-refractivity contribution in [3.63, 3.8) is 0 Å². The van der Waals surface area contributed by atoms with Crippen LogP contribution < -0.4 is 0 Å². The van der Waals surface area contributed by atoms with Gasteiger partial charge in [-0.25, -0.2) is 4.79 Å². The minimum atomic E-state index is -1.33. The molecule has 0 aliphatic rings. The number of nitrogens with zero attached hydrogens (tertiary/aromatic N) is 2. The molecule has 4 nitrogen and oxygen atoms in total. The summed E-state index contributed by atoms with van der Waals surface area (Å²) in [4.78, 5) is 16.6. The van der Waals surface area contributed by atoms with Crippen molar-refractivity contribution in [2.24, 2.45) is 0 Å². The first-order chi connectivity index (χ1) is 9.52. The van der Waals surface area contributed by atoms with Crippen LogP contribution in [0.1, 0.15) is 25.1 Å². The molecule has 0 aliphatic heterocycles. The van der Waals surface area contributed by atoms with Crippen LogP contribution in [0.3, 0.4) is 0 Å². The van der Waals surface area contributed by atoms with Crippen molar-refractivity contribution in [3.05, 3.63) is 41.6 Å². The number of hydrogen-bond donors (Lipinski definition) is 0. The van der Waals surface area contributed by atoms with Crippen molar-refractivity contribution in [2.75, 3.05) is 6.61 Å². The van der Waals surface area contributed by atoms with Gasteiger partial charge in [-0.2, -0.15) is 5.26 Å². The number of benzene rings is 1. The van der Waals surface area contributed by atoms with Gasteiger partial charge in [0.25, 0.3) is 0 Å². The predicted octanol–water partition coefficient (Wildman–Crippen LogP) is 2.89. The zero-order chi connectivity index (χ0) is 14.8. The van der Waals surface area contributed by atoms with E-state index in [1.807, 2.05) is 31.2 Å². The maximum absolute atomic E-state index is 12.2. The third-order valence-corrected chi connectivity index (χ3v) is 3.29. The lowest BCUT2D eigenvalue weighted by Crippen LogP contribution is -2.33. The Kier molecular flexibility index (Phi) is 3.71. The van der Waals surface area contributed by atoms with Crippen molar-refractivity contribution in [1.82, 2.24) is 4.98 Å². The van der Waals surface area contributed by atoms with E-state index in [0.29, 0.717) is 5.56 Å². The standard InChI is InChI=1S/C16H16N2O2/c1-4-20-15(19)16(3,10-17)13-9-11(2)18-14-8-6-5-7-12(13)14/h5-9H,4H2,1-3H3. The number of rotatable bonds is 3. The highest BCUT2D eigenvalue weighted by Crippen LogP contribution is 2.31. The molecule has 0 radical (unpaired) electrons. The Morgan fingerprint density at radius 2 is 2.15 bits per heavy atom. The highest BCUT2D eigenvalue weighted by atomic mass is 16.5. The topological polar surface area (TPSA) is 63.0 Å². The molecule has 1 heterocycles. The van der Waals surface area contributed by atoms with E-state index in [4.69, 9.17) is 4.74 Å². The maximum Gasteiger partial charge on any atom is 0.330 e. The maximum atomic E-state index is 12.2. The van der Waals surface area contributed by atoms with Crippen LogP contribution in [-0.4, -0.2) is 17.6 Å². The molecule has 0 bridgehead atoms. The van der Waals surface area contributed by atoms with E-state index in [-0.39, 0.29) is 6.61 Å². The second-order valence-electron chi connectivity index (χ2n) is 4.79. The van der Waals surface area contributed by atoms with Gasteiger partial charge in [-0.1, -0.05) is 18.2 Å². The van der Waals surface area contributed by atoms with Gasteiger partial charge in [-0.3, -0.25) is 4.98 Å². The lowest BCUT2D eigenvalue weighted by Gasteiger charge is -2.22. The number of carbonyl (C=O) groups is 1. The molecule has 1 unspecified atom stereocenters. The first kappa shape index (κ1) is 14.0. The third-order valence-electron chi connectivity index (χ3n) is 3.29. The lowest BCUT2D eigenvalue weighted by atomic mass is 9.81. The molecule has 4 heteroatoms. The molecule has 0 saturated heterocycles. The van der Waals surface area contributed by atoms with Gasteiger partial charge in [-0.05, 0) is 38.5 Å². The molecule has 1 aromatic carbocycles. The largest absolute Gasteiger partial charge is 0.465 e. The van der Waals surface area contributed by atoms with Gasteiger partial charge in [0.2, 0.25) is 0 Å². The van der Waals surface area contributed by atoms with Crippen LogP contribution >= 0.6 is 0 Å². The van der Waals surface area contributed by atoms with Crippen LogP contribution in [-0.2, 0) is 14.9 Å². The monoisotopic (exact) mass is 268 g/mol. The Bertz CT molecular complexity index is 703. The number of esters is 1. The molecule has 0 N–H and O–H groups in total. The van der Waals surface area contributed by atoms with Crippen LogP contribution in [0.15, 0.2) is 30.3 Å². The molecule has 2 rings (SSSR count). The number of nitriles is 1. The minimum absolute atomic E-state index is 0.248. The second kappa shape index (κ2) is 5.30. The fourth-order valence-electron chi connectivity index (χ4n) is 2.21. The smallest absolute Gasteiger partial charge is 0.330 e. The molecule has 20 heavy (non-hydrogen) atoms. The zero-order valence-electron chi connectivity index (χ0n) is 11.8. The summed E-state index contributed by atoms with van der Waals surface area (Å²) in [5.41, 5.74) is 0.850. The van der Waals surface area contributed by atoms with E-state index < -0.39 is 11.4 Å². The van der Waals surface area contributed by atoms with Gasteiger partial charge in [0.1, 0.15) is 0 Å². The summed E-state index contributed by atoms with van der Waals surface area (Å²) in [5, 5.41) is 10.3. The number of pyridine rings is 1. The Morgan fingerprint density at radius 1 is 1.45 bits per heavy atom. The van der Waals surface area contributed by atoms with Gasteiger partial charge >= 0.3 is 5.97 Å². The first-order valence-electron chi connectivity index (χ1n) is 6.48. The predicted molar refractivity (Wildman–Crippen MR) is 76.1 cm³/mol. The van der Waals surface area contributed by atoms with Crippen LogP contribution in [0.5, 0.6) is 0 Å². The summed E-state index contributed by atoms with van der Waals surface area (Å²) in [6.45, 7) is 5.41. The van der Waals surface area contributed by atoms with E-state index in [9.17, 15) is 10.1 Å². The van der Waals surface area contributed by atoms with E-state index in [0.717, 1.165) is 16.6 Å². The van der Waals surface area contributed by atoms with Crippen molar-refractivity contribution in [3.8, 4) is 6.07 Å². The van der Waals surface area contributed by atoms with Crippen LogP contribution in [0.4, 0.5) is 0 Å². The molecule has 0 spiro atoms. The van der Waals surface area contributed by atoms with Crippen molar-refractivity contribution in [1.29, 1.82) is 5.26 Å². The number of aromatic nitrogens is 1. The van der Waals surface area contributed by atoms with Gasteiger partial charge < -0.3 is 4.74 Å². The van der Waals surface area contributed by atoms with Crippen molar-refractivity contribution < 1.29 is 9.53 Å².